The largest absolute Gasteiger partial charge is 0.452 e. The maximum absolute atomic E-state index is 12.2. The monoisotopic (exact) mass is 368 g/mol. The number of carbonyl (C=O) groups is 2. The van der Waals surface area contributed by atoms with Crippen molar-refractivity contribution in [2.75, 3.05) is 19.7 Å². The van der Waals surface area contributed by atoms with Crippen molar-refractivity contribution in [2.24, 2.45) is 0 Å². The van der Waals surface area contributed by atoms with Crippen LogP contribution in [0.4, 0.5) is 0 Å². The Morgan fingerprint density at radius 2 is 1.80 bits per heavy atom. The summed E-state index contributed by atoms with van der Waals surface area (Å²) < 4.78 is 31.9. The minimum atomic E-state index is -3.61. The molecule has 0 aromatic heterocycles. The van der Waals surface area contributed by atoms with Crippen LogP contribution in [0, 0.1) is 0 Å². The van der Waals surface area contributed by atoms with Crippen LogP contribution < -0.4 is 4.72 Å². The number of sulfonamides is 1. The first-order valence-electron chi connectivity index (χ1n) is 8.40. The highest BCUT2D eigenvalue weighted by Crippen LogP contribution is 2.13. The highest BCUT2D eigenvalue weighted by molar-refractivity contribution is 7.89. The molecule has 0 unspecified atom stereocenters. The molecule has 1 aromatic rings. The molecule has 1 amide bonds. The van der Waals surface area contributed by atoms with E-state index >= 15 is 0 Å². The molecule has 1 heterocycles. The van der Waals surface area contributed by atoms with Crippen molar-refractivity contribution in [3.05, 3.63) is 29.8 Å². The number of ether oxygens (including phenoxy) is 1. The first-order chi connectivity index (χ1) is 11.8. The van der Waals surface area contributed by atoms with Crippen LogP contribution in [0.15, 0.2) is 29.2 Å². The molecule has 0 aliphatic carbocycles. The zero-order valence-electron chi connectivity index (χ0n) is 14.5. The summed E-state index contributed by atoms with van der Waals surface area (Å²) in [6, 6.07) is 5.29. The van der Waals surface area contributed by atoms with Gasteiger partial charge in [0.1, 0.15) is 0 Å². The lowest BCUT2D eigenvalue weighted by Crippen LogP contribution is -2.32. The Morgan fingerprint density at radius 1 is 1.20 bits per heavy atom. The van der Waals surface area contributed by atoms with Gasteiger partial charge in [-0.1, -0.05) is 6.92 Å². The van der Waals surface area contributed by atoms with Gasteiger partial charge in [-0.05, 0) is 50.5 Å². The topological polar surface area (TPSA) is 92.8 Å². The first kappa shape index (κ1) is 19.4. The molecule has 1 aliphatic rings. The number of hydrogen-bond acceptors (Lipinski definition) is 5. The minimum Gasteiger partial charge on any atom is -0.452 e. The molecule has 0 radical (unpaired) electrons. The zero-order chi connectivity index (χ0) is 18.4. The predicted molar refractivity (Wildman–Crippen MR) is 92.6 cm³/mol. The van der Waals surface area contributed by atoms with Crippen molar-refractivity contribution in [2.45, 2.75) is 44.0 Å². The summed E-state index contributed by atoms with van der Waals surface area (Å²) in [5.74, 6) is -0.853. The van der Waals surface area contributed by atoms with Crippen LogP contribution in [-0.4, -0.2) is 50.9 Å². The third kappa shape index (κ3) is 5.27. The number of rotatable bonds is 7. The minimum absolute atomic E-state index is 0.0810. The standard InChI is InChI=1S/C17H24N2O5S/c1-3-13(2)18-25(22,23)15-8-6-14(7-9-15)17(21)24-12-16(20)19-10-4-5-11-19/h6-9,13,18H,3-5,10-12H2,1-2H3/t13-/m0/s1. The highest BCUT2D eigenvalue weighted by Gasteiger charge is 2.20. The van der Waals surface area contributed by atoms with Gasteiger partial charge >= 0.3 is 5.97 Å². The molecule has 1 aliphatic heterocycles. The van der Waals surface area contributed by atoms with Gasteiger partial charge in [-0.15, -0.1) is 0 Å². The molecule has 138 valence electrons. The van der Waals surface area contributed by atoms with Crippen molar-refractivity contribution in [1.82, 2.24) is 9.62 Å². The summed E-state index contributed by atoms with van der Waals surface area (Å²) in [6.45, 7) is 4.77. The molecule has 1 fully saturated rings. The van der Waals surface area contributed by atoms with Gasteiger partial charge in [0.2, 0.25) is 10.0 Å². The van der Waals surface area contributed by atoms with Gasteiger partial charge in [-0.2, -0.15) is 0 Å². The van der Waals surface area contributed by atoms with Crippen molar-refractivity contribution in [1.29, 1.82) is 0 Å². The van der Waals surface area contributed by atoms with E-state index in [-0.39, 0.29) is 29.0 Å². The normalized spacial score (nSPS) is 15.8. The summed E-state index contributed by atoms with van der Waals surface area (Å²) in [6.07, 6.45) is 2.62. The lowest BCUT2D eigenvalue weighted by Gasteiger charge is -2.15. The Balaban J connectivity index is 1.94. The molecule has 0 spiro atoms. The average molecular weight is 368 g/mol. The molecule has 2 rings (SSSR count). The lowest BCUT2D eigenvalue weighted by molar-refractivity contribution is -0.133. The van der Waals surface area contributed by atoms with Crippen LogP contribution in [0.3, 0.4) is 0 Å². The number of likely N-dealkylation sites (tertiary alicyclic amines) is 1. The molecule has 1 atom stereocenters. The number of hydrogen-bond donors (Lipinski definition) is 1. The van der Waals surface area contributed by atoms with E-state index < -0.39 is 16.0 Å². The highest BCUT2D eigenvalue weighted by atomic mass is 32.2. The second-order valence-corrected chi connectivity index (χ2v) is 7.83. The molecule has 8 heteroatoms. The molecule has 7 nitrogen and oxygen atoms in total. The summed E-state index contributed by atoms with van der Waals surface area (Å²) >= 11 is 0. The van der Waals surface area contributed by atoms with E-state index in [9.17, 15) is 18.0 Å². The lowest BCUT2D eigenvalue weighted by atomic mass is 10.2. The van der Waals surface area contributed by atoms with Crippen molar-refractivity contribution < 1.29 is 22.7 Å². The SMILES string of the molecule is CC[C@H](C)NS(=O)(=O)c1ccc(C(=O)OCC(=O)N2CCCC2)cc1. The number of esters is 1. The van der Waals surface area contributed by atoms with Crippen molar-refractivity contribution in [3.8, 4) is 0 Å². The maximum atomic E-state index is 12.2. The fourth-order valence-corrected chi connectivity index (χ4v) is 3.78. The van der Waals surface area contributed by atoms with Crippen LogP contribution in [-0.2, 0) is 19.6 Å². The van der Waals surface area contributed by atoms with E-state index in [4.69, 9.17) is 4.74 Å². The van der Waals surface area contributed by atoms with Gasteiger partial charge in [0.15, 0.2) is 6.61 Å². The molecular formula is C17H24N2O5S. The fourth-order valence-electron chi connectivity index (χ4n) is 2.45. The summed E-state index contributed by atoms with van der Waals surface area (Å²) in [5, 5.41) is 0. The van der Waals surface area contributed by atoms with Gasteiger partial charge in [0.05, 0.1) is 10.5 Å². The van der Waals surface area contributed by atoms with Crippen LogP contribution >= 0.6 is 0 Å². The third-order valence-electron chi connectivity index (χ3n) is 4.15. The van der Waals surface area contributed by atoms with E-state index in [2.05, 4.69) is 4.72 Å². The number of nitrogens with one attached hydrogen (secondary N) is 1. The van der Waals surface area contributed by atoms with Crippen LogP contribution in [0.1, 0.15) is 43.5 Å². The van der Waals surface area contributed by atoms with E-state index in [0.29, 0.717) is 19.5 Å². The zero-order valence-corrected chi connectivity index (χ0v) is 15.3. The first-order valence-corrected chi connectivity index (χ1v) is 9.89. The predicted octanol–water partition coefficient (Wildman–Crippen LogP) is 1.54. The molecule has 0 saturated carbocycles. The van der Waals surface area contributed by atoms with Gasteiger partial charge in [0, 0.05) is 19.1 Å². The number of nitrogens with zero attached hydrogens (tertiary/aromatic N) is 1. The van der Waals surface area contributed by atoms with Crippen molar-refractivity contribution >= 4 is 21.9 Å². The van der Waals surface area contributed by atoms with Gasteiger partial charge in [-0.25, -0.2) is 17.9 Å². The number of benzene rings is 1. The number of amides is 1. The molecular weight excluding hydrogens is 344 g/mol. The summed E-state index contributed by atoms with van der Waals surface area (Å²) in [4.78, 5) is 25.6. The quantitative estimate of drug-likeness (QED) is 0.737. The van der Waals surface area contributed by atoms with Crippen molar-refractivity contribution in [3.63, 3.8) is 0 Å². The molecule has 1 saturated heterocycles. The van der Waals surface area contributed by atoms with Crippen LogP contribution in [0.5, 0.6) is 0 Å². The second kappa shape index (κ2) is 8.44. The van der Waals surface area contributed by atoms with E-state index in [1.165, 1.54) is 24.3 Å². The Kier molecular flexibility index (Phi) is 6.55. The summed E-state index contributed by atoms with van der Waals surface area (Å²) in [5.41, 5.74) is 0.205. The fraction of sp³-hybridized carbons (Fsp3) is 0.529. The smallest absolute Gasteiger partial charge is 0.338 e. The van der Waals surface area contributed by atoms with Crippen LogP contribution in [0.25, 0.3) is 0 Å². The molecule has 1 aromatic carbocycles. The Labute approximate surface area is 148 Å². The Morgan fingerprint density at radius 3 is 2.36 bits per heavy atom. The molecule has 1 N–H and O–H groups in total. The molecule has 0 bridgehead atoms. The van der Waals surface area contributed by atoms with E-state index in [0.717, 1.165) is 12.8 Å². The second-order valence-electron chi connectivity index (χ2n) is 6.12. The Bertz CT molecular complexity index is 709. The van der Waals surface area contributed by atoms with Gasteiger partial charge in [-0.3, -0.25) is 4.79 Å². The third-order valence-corrected chi connectivity index (χ3v) is 5.76. The van der Waals surface area contributed by atoms with E-state index in [1.807, 2.05) is 6.92 Å². The Hall–Kier alpha value is -1.93. The van der Waals surface area contributed by atoms with Gasteiger partial charge < -0.3 is 9.64 Å². The maximum Gasteiger partial charge on any atom is 0.338 e. The van der Waals surface area contributed by atoms with Gasteiger partial charge in [0.25, 0.3) is 5.91 Å². The molecule has 25 heavy (non-hydrogen) atoms. The van der Waals surface area contributed by atoms with E-state index in [1.54, 1.807) is 11.8 Å². The average Bonchev–Trinajstić information content (AvgIpc) is 3.13. The number of carbonyl (C=O) groups excluding carboxylic acids is 2. The summed E-state index contributed by atoms with van der Waals surface area (Å²) in [7, 11) is -3.61. The van der Waals surface area contributed by atoms with Crippen LogP contribution in [0.2, 0.25) is 0 Å².